The van der Waals surface area contributed by atoms with Crippen molar-refractivity contribution in [2.45, 2.75) is 46.0 Å². The van der Waals surface area contributed by atoms with Crippen LogP contribution in [0.3, 0.4) is 0 Å². The van der Waals surface area contributed by atoms with Gasteiger partial charge in [0.05, 0.1) is 0 Å². The summed E-state index contributed by atoms with van der Waals surface area (Å²) in [5.41, 5.74) is 2.45. The first kappa shape index (κ1) is 9.89. The Morgan fingerprint density at radius 1 is 1.47 bits per heavy atom. The molecule has 0 aliphatic heterocycles. The molecular formula is C14H22O. The summed E-state index contributed by atoms with van der Waals surface area (Å²) in [5.74, 6) is 1.74. The van der Waals surface area contributed by atoms with E-state index in [1.54, 1.807) is 5.57 Å². The largest absolute Gasteiger partial charge is 0.396 e. The van der Waals surface area contributed by atoms with E-state index in [-0.39, 0.29) is 5.41 Å². The van der Waals surface area contributed by atoms with Gasteiger partial charge in [-0.05, 0) is 54.8 Å². The highest BCUT2D eigenvalue weighted by molar-refractivity contribution is 5.26. The lowest BCUT2D eigenvalue weighted by molar-refractivity contribution is -0.0126. The minimum absolute atomic E-state index is 0.185. The van der Waals surface area contributed by atoms with Crippen LogP contribution in [0.2, 0.25) is 0 Å². The molecule has 0 saturated heterocycles. The zero-order valence-corrected chi connectivity index (χ0v) is 9.92. The third-order valence-corrected chi connectivity index (χ3v) is 5.58. The van der Waals surface area contributed by atoms with Gasteiger partial charge in [0.15, 0.2) is 0 Å². The molecule has 2 saturated carbocycles. The minimum Gasteiger partial charge on any atom is -0.396 e. The fraction of sp³-hybridized carbons (Fsp3) is 0.857. The minimum atomic E-state index is 0.185. The number of hydrogen-bond donors (Lipinski definition) is 1. The molecule has 0 unspecified atom stereocenters. The first-order chi connectivity index (χ1) is 7.07. The first-order valence-electron chi connectivity index (χ1n) is 6.37. The maximum Gasteiger partial charge on any atom is 0.0488 e. The van der Waals surface area contributed by atoms with Crippen molar-refractivity contribution >= 4 is 0 Å². The molecule has 3 aliphatic carbocycles. The monoisotopic (exact) mass is 206 g/mol. The summed E-state index contributed by atoms with van der Waals surface area (Å²) < 4.78 is 0. The summed E-state index contributed by atoms with van der Waals surface area (Å²) in [6.07, 6.45) is 9.04. The van der Waals surface area contributed by atoms with Crippen molar-refractivity contribution in [2.24, 2.45) is 22.7 Å². The number of aliphatic hydroxyl groups excluding tert-OH is 1. The van der Waals surface area contributed by atoms with Gasteiger partial charge < -0.3 is 5.11 Å². The van der Waals surface area contributed by atoms with Crippen molar-refractivity contribution in [3.63, 3.8) is 0 Å². The summed E-state index contributed by atoms with van der Waals surface area (Å²) in [7, 11) is 0. The molecule has 0 radical (unpaired) electrons. The highest BCUT2D eigenvalue weighted by atomic mass is 16.3. The second-order valence-corrected chi connectivity index (χ2v) is 6.66. The van der Waals surface area contributed by atoms with E-state index in [1.807, 2.05) is 0 Å². The van der Waals surface area contributed by atoms with Gasteiger partial charge in [-0.15, -0.1) is 0 Å². The van der Waals surface area contributed by atoms with Gasteiger partial charge in [0, 0.05) is 6.61 Å². The van der Waals surface area contributed by atoms with Crippen LogP contribution < -0.4 is 0 Å². The molecule has 4 atom stereocenters. The lowest BCUT2D eigenvalue weighted by atomic mass is 9.51. The molecule has 2 fully saturated rings. The van der Waals surface area contributed by atoms with Gasteiger partial charge in [-0.25, -0.2) is 0 Å². The smallest absolute Gasteiger partial charge is 0.0488 e. The van der Waals surface area contributed by atoms with Crippen molar-refractivity contribution < 1.29 is 5.11 Å². The first-order valence-corrected chi connectivity index (χ1v) is 6.37. The number of aliphatic hydroxyl groups is 1. The molecule has 84 valence electrons. The Balaban J connectivity index is 1.92. The van der Waals surface area contributed by atoms with Gasteiger partial charge in [-0.1, -0.05) is 25.5 Å². The molecule has 0 amide bonds. The number of rotatable bonds is 1. The highest BCUT2D eigenvalue weighted by Crippen LogP contribution is 2.64. The van der Waals surface area contributed by atoms with E-state index in [0.29, 0.717) is 12.0 Å². The molecule has 0 heterocycles. The van der Waals surface area contributed by atoms with Crippen LogP contribution in [0.15, 0.2) is 11.6 Å². The van der Waals surface area contributed by atoms with E-state index in [4.69, 9.17) is 0 Å². The van der Waals surface area contributed by atoms with Gasteiger partial charge in [0.25, 0.3) is 0 Å². The van der Waals surface area contributed by atoms with E-state index in [9.17, 15) is 5.11 Å². The van der Waals surface area contributed by atoms with Crippen LogP contribution in [0.4, 0.5) is 0 Å². The summed E-state index contributed by atoms with van der Waals surface area (Å²) in [6.45, 7) is 5.10. The van der Waals surface area contributed by atoms with Gasteiger partial charge in [-0.3, -0.25) is 0 Å². The Kier molecular flexibility index (Phi) is 1.90. The van der Waals surface area contributed by atoms with E-state index in [0.717, 1.165) is 18.3 Å². The molecule has 3 aliphatic rings. The maximum atomic E-state index is 9.50. The fourth-order valence-electron chi connectivity index (χ4n) is 4.25. The second-order valence-electron chi connectivity index (χ2n) is 6.66. The third-order valence-electron chi connectivity index (χ3n) is 5.58. The van der Waals surface area contributed by atoms with Crippen LogP contribution in [0.1, 0.15) is 46.0 Å². The van der Waals surface area contributed by atoms with E-state index >= 15 is 0 Å². The molecular weight excluding hydrogens is 184 g/mol. The summed E-state index contributed by atoms with van der Waals surface area (Å²) >= 11 is 0. The van der Waals surface area contributed by atoms with Crippen molar-refractivity contribution in [1.82, 2.24) is 0 Å². The molecule has 1 heteroatoms. The molecule has 3 rings (SSSR count). The maximum absolute atomic E-state index is 9.50. The third kappa shape index (κ3) is 1.19. The molecule has 0 aromatic rings. The van der Waals surface area contributed by atoms with Crippen LogP contribution in [0.25, 0.3) is 0 Å². The Hall–Kier alpha value is -0.300. The quantitative estimate of drug-likeness (QED) is 0.653. The molecule has 0 aromatic carbocycles. The molecule has 0 bridgehead atoms. The number of allylic oxidation sites excluding steroid dienone is 2. The topological polar surface area (TPSA) is 20.2 Å². The highest BCUT2D eigenvalue weighted by Gasteiger charge is 2.55. The van der Waals surface area contributed by atoms with Crippen molar-refractivity contribution in [1.29, 1.82) is 0 Å². The van der Waals surface area contributed by atoms with Crippen molar-refractivity contribution in [3.8, 4) is 0 Å². The van der Waals surface area contributed by atoms with Crippen molar-refractivity contribution in [3.05, 3.63) is 11.6 Å². The standard InChI is InChI=1S/C14H22O/c1-13(9-15)7-10-3-4-11-5-6-14(11,2)12(10)8-13/h3,11-12,15H,4-9H2,1-2H3/t11-,12+,13+,14+/m1/s1. The second kappa shape index (κ2) is 2.88. The predicted molar refractivity (Wildman–Crippen MR) is 61.4 cm³/mol. The lowest BCUT2D eigenvalue weighted by Crippen LogP contribution is -2.45. The van der Waals surface area contributed by atoms with Crippen LogP contribution in [0.5, 0.6) is 0 Å². The average molecular weight is 206 g/mol. The SMILES string of the molecule is C[C@]1(CO)CC2=CC[C@@H]3CC[C@]3(C)[C@H]2C1. The number of hydrogen-bond acceptors (Lipinski definition) is 1. The molecule has 1 nitrogen and oxygen atoms in total. The Morgan fingerprint density at radius 2 is 2.27 bits per heavy atom. The Labute approximate surface area is 92.6 Å². The van der Waals surface area contributed by atoms with Gasteiger partial charge in [0.2, 0.25) is 0 Å². The Morgan fingerprint density at radius 3 is 2.87 bits per heavy atom. The van der Waals surface area contributed by atoms with Gasteiger partial charge in [0.1, 0.15) is 0 Å². The zero-order chi connectivity index (χ0) is 10.7. The summed E-state index contributed by atoms with van der Waals surface area (Å²) in [4.78, 5) is 0. The fourth-order valence-corrected chi connectivity index (χ4v) is 4.25. The summed E-state index contributed by atoms with van der Waals surface area (Å²) in [5, 5.41) is 9.50. The average Bonchev–Trinajstić information content (AvgIpc) is 2.54. The van der Waals surface area contributed by atoms with Crippen LogP contribution in [-0.4, -0.2) is 11.7 Å². The molecule has 15 heavy (non-hydrogen) atoms. The number of fused-ring (bicyclic) bond motifs is 3. The van der Waals surface area contributed by atoms with Crippen LogP contribution in [-0.2, 0) is 0 Å². The lowest BCUT2D eigenvalue weighted by Gasteiger charge is -2.54. The molecule has 0 aromatic heterocycles. The van der Waals surface area contributed by atoms with E-state index in [2.05, 4.69) is 19.9 Å². The van der Waals surface area contributed by atoms with Crippen LogP contribution >= 0.6 is 0 Å². The Bertz CT molecular complexity index is 319. The molecule has 1 N–H and O–H groups in total. The zero-order valence-electron chi connectivity index (χ0n) is 9.92. The predicted octanol–water partition coefficient (Wildman–Crippen LogP) is 3.14. The van der Waals surface area contributed by atoms with Crippen molar-refractivity contribution in [2.75, 3.05) is 6.61 Å². The molecule has 0 spiro atoms. The van der Waals surface area contributed by atoms with E-state index < -0.39 is 0 Å². The van der Waals surface area contributed by atoms with Crippen LogP contribution in [0, 0.1) is 22.7 Å². The van der Waals surface area contributed by atoms with Gasteiger partial charge >= 0.3 is 0 Å². The normalized spacial score (nSPS) is 52.9. The summed E-state index contributed by atoms with van der Waals surface area (Å²) in [6, 6.07) is 0. The van der Waals surface area contributed by atoms with Gasteiger partial charge in [-0.2, -0.15) is 0 Å². The van der Waals surface area contributed by atoms with E-state index in [1.165, 1.54) is 25.7 Å².